The number of furan rings is 1. The number of Topliss-reactive ketones (excluding diaryl/α,β-unsaturated/α-hetero) is 1. The van der Waals surface area contributed by atoms with Crippen LogP contribution in [-0.4, -0.2) is 18.9 Å². The quantitative estimate of drug-likeness (QED) is 0.849. The van der Waals surface area contributed by atoms with Crippen LogP contribution in [0.5, 0.6) is 0 Å². The third-order valence-electron chi connectivity index (χ3n) is 4.49. The average molecular weight is 306 g/mol. The highest BCUT2D eigenvalue weighted by Crippen LogP contribution is 2.39. The minimum absolute atomic E-state index is 0.137. The van der Waals surface area contributed by atoms with Crippen LogP contribution in [0.25, 0.3) is 11.0 Å². The fourth-order valence-electron chi connectivity index (χ4n) is 3.38. The van der Waals surface area contributed by atoms with Crippen molar-refractivity contribution in [2.75, 3.05) is 13.1 Å². The molecule has 1 N–H and O–H groups in total. The summed E-state index contributed by atoms with van der Waals surface area (Å²) < 4.78 is 5.78. The van der Waals surface area contributed by atoms with Crippen molar-refractivity contribution in [3.8, 4) is 0 Å². The molecule has 1 aliphatic heterocycles. The van der Waals surface area contributed by atoms with E-state index in [0.717, 1.165) is 44.2 Å². The first-order valence-electron chi connectivity index (χ1n) is 7.60. The predicted molar refractivity (Wildman–Crippen MR) is 85.0 cm³/mol. The molecule has 1 aliphatic rings. The van der Waals surface area contributed by atoms with Crippen LogP contribution in [0.1, 0.15) is 43.2 Å². The van der Waals surface area contributed by atoms with Crippen LogP contribution in [0.4, 0.5) is 0 Å². The molecule has 2 heterocycles. The summed E-state index contributed by atoms with van der Waals surface area (Å²) >= 11 is 6.14. The molecule has 2 aromatic rings. The van der Waals surface area contributed by atoms with Crippen molar-refractivity contribution in [1.82, 2.24) is 5.32 Å². The second-order valence-electron chi connectivity index (χ2n) is 5.88. The number of fused-ring (bicyclic) bond motifs is 1. The molecule has 21 heavy (non-hydrogen) atoms. The Morgan fingerprint density at radius 1 is 1.38 bits per heavy atom. The van der Waals surface area contributed by atoms with E-state index in [1.54, 1.807) is 6.07 Å². The van der Waals surface area contributed by atoms with Crippen LogP contribution in [0.15, 0.2) is 28.7 Å². The minimum atomic E-state index is -0.277. The Bertz CT molecular complexity index is 650. The van der Waals surface area contributed by atoms with Crippen molar-refractivity contribution in [3.63, 3.8) is 0 Å². The second kappa shape index (κ2) is 5.82. The maximum absolute atomic E-state index is 13.0. The van der Waals surface area contributed by atoms with E-state index >= 15 is 0 Å². The lowest BCUT2D eigenvalue weighted by molar-refractivity contribution is 0.0675. The van der Waals surface area contributed by atoms with Crippen molar-refractivity contribution < 1.29 is 9.21 Å². The molecular weight excluding hydrogens is 286 g/mol. The second-order valence-corrected chi connectivity index (χ2v) is 6.29. The molecular formula is C17H20ClNO2. The van der Waals surface area contributed by atoms with Gasteiger partial charge in [-0.25, -0.2) is 0 Å². The molecule has 0 spiro atoms. The number of nitrogens with one attached hydrogen (secondary N) is 1. The SMILES string of the molecule is CCCC1(C(=O)c2cc3cccc(Cl)c3o2)CCNCC1. The Hall–Kier alpha value is -1.32. The summed E-state index contributed by atoms with van der Waals surface area (Å²) in [5, 5.41) is 4.79. The van der Waals surface area contributed by atoms with E-state index in [2.05, 4.69) is 12.2 Å². The van der Waals surface area contributed by atoms with Crippen molar-refractivity contribution in [2.45, 2.75) is 32.6 Å². The lowest BCUT2D eigenvalue weighted by Crippen LogP contribution is -2.42. The van der Waals surface area contributed by atoms with Gasteiger partial charge in [-0.05, 0) is 44.5 Å². The Morgan fingerprint density at radius 3 is 2.81 bits per heavy atom. The number of halogens is 1. The van der Waals surface area contributed by atoms with Crippen molar-refractivity contribution in [1.29, 1.82) is 0 Å². The van der Waals surface area contributed by atoms with Gasteiger partial charge in [0.05, 0.1) is 5.02 Å². The number of hydrogen-bond donors (Lipinski definition) is 1. The Kier molecular flexibility index (Phi) is 4.05. The first-order chi connectivity index (χ1) is 10.2. The van der Waals surface area contributed by atoms with Crippen molar-refractivity contribution in [3.05, 3.63) is 35.0 Å². The fourth-order valence-corrected chi connectivity index (χ4v) is 3.60. The van der Waals surface area contributed by atoms with Gasteiger partial charge in [0, 0.05) is 10.8 Å². The summed E-state index contributed by atoms with van der Waals surface area (Å²) in [4.78, 5) is 13.0. The summed E-state index contributed by atoms with van der Waals surface area (Å²) in [6.07, 6.45) is 3.68. The molecule has 0 aliphatic carbocycles. The van der Waals surface area contributed by atoms with Crippen LogP contribution >= 0.6 is 11.6 Å². The van der Waals surface area contributed by atoms with E-state index in [1.807, 2.05) is 18.2 Å². The molecule has 0 saturated carbocycles. The van der Waals surface area contributed by atoms with E-state index in [0.29, 0.717) is 16.4 Å². The van der Waals surface area contributed by atoms with Gasteiger partial charge in [-0.3, -0.25) is 4.79 Å². The predicted octanol–water partition coefficient (Wildman–Crippen LogP) is 4.44. The molecule has 1 aromatic heterocycles. The summed E-state index contributed by atoms with van der Waals surface area (Å²) in [6, 6.07) is 7.42. The number of para-hydroxylation sites is 1. The Balaban J connectivity index is 1.99. The van der Waals surface area contributed by atoms with Crippen molar-refractivity contribution in [2.24, 2.45) is 5.41 Å². The van der Waals surface area contributed by atoms with Gasteiger partial charge < -0.3 is 9.73 Å². The lowest BCUT2D eigenvalue weighted by atomic mass is 9.71. The molecule has 0 amide bonds. The van der Waals surface area contributed by atoms with E-state index in [9.17, 15) is 4.79 Å². The molecule has 1 fully saturated rings. The lowest BCUT2D eigenvalue weighted by Gasteiger charge is -2.35. The van der Waals surface area contributed by atoms with Crippen LogP contribution in [0, 0.1) is 5.41 Å². The molecule has 3 rings (SSSR count). The number of carbonyl (C=O) groups excluding carboxylic acids is 1. The molecule has 1 aromatic carbocycles. The highest BCUT2D eigenvalue weighted by Gasteiger charge is 2.40. The van der Waals surface area contributed by atoms with E-state index in [1.165, 1.54) is 0 Å². The fraction of sp³-hybridized carbons (Fsp3) is 0.471. The van der Waals surface area contributed by atoms with Gasteiger partial charge >= 0.3 is 0 Å². The van der Waals surface area contributed by atoms with Crippen LogP contribution in [0.3, 0.4) is 0 Å². The third kappa shape index (κ3) is 2.60. The normalized spacial score (nSPS) is 18.0. The maximum Gasteiger partial charge on any atom is 0.204 e. The number of hydrogen-bond acceptors (Lipinski definition) is 3. The largest absolute Gasteiger partial charge is 0.451 e. The zero-order valence-corrected chi connectivity index (χ0v) is 13.0. The molecule has 0 unspecified atom stereocenters. The summed E-state index contributed by atoms with van der Waals surface area (Å²) in [5.41, 5.74) is 0.337. The monoisotopic (exact) mass is 305 g/mol. The average Bonchev–Trinajstić information content (AvgIpc) is 2.93. The number of ketones is 1. The third-order valence-corrected chi connectivity index (χ3v) is 4.79. The van der Waals surface area contributed by atoms with Gasteiger partial charge in [-0.15, -0.1) is 0 Å². The molecule has 1 saturated heterocycles. The maximum atomic E-state index is 13.0. The molecule has 0 atom stereocenters. The number of carbonyl (C=O) groups is 1. The van der Waals surface area contributed by atoms with Gasteiger partial charge in [0.2, 0.25) is 5.78 Å². The topological polar surface area (TPSA) is 42.2 Å². The first kappa shape index (κ1) is 14.6. The standard InChI is InChI=1S/C17H20ClNO2/c1-2-6-17(7-9-19-10-8-17)16(20)14-11-12-4-3-5-13(18)15(12)21-14/h3-5,11,19H,2,6-10H2,1H3. The van der Waals surface area contributed by atoms with Gasteiger partial charge in [-0.2, -0.15) is 0 Å². The van der Waals surface area contributed by atoms with Gasteiger partial charge in [0.25, 0.3) is 0 Å². The van der Waals surface area contributed by atoms with Crippen LogP contribution in [0.2, 0.25) is 5.02 Å². The molecule has 0 bridgehead atoms. The number of piperidine rings is 1. The molecule has 3 nitrogen and oxygen atoms in total. The number of benzene rings is 1. The van der Waals surface area contributed by atoms with Crippen LogP contribution < -0.4 is 5.32 Å². The van der Waals surface area contributed by atoms with Gasteiger partial charge in [0.15, 0.2) is 11.3 Å². The molecule has 0 radical (unpaired) electrons. The van der Waals surface area contributed by atoms with Crippen LogP contribution in [-0.2, 0) is 0 Å². The zero-order valence-electron chi connectivity index (χ0n) is 12.2. The Morgan fingerprint density at radius 2 is 2.14 bits per heavy atom. The first-order valence-corrected chi connectivity index (χ1v) is 7.98. The Labute approximate surface area is 129 Å². The van der Waals surface area contributed by atoms with E-state index < -0.39 is 0 Å². The summed E-state index contributed by atoms with van der Waals surface area (Å²) in [5.74, 6) is 0.589. The molecule has 112 valence electrons. The van der Waals surface area contributed by atoms with E-state index in [-0.39, 0.29) is 11.2 Å². The van der Waals surface area contributed by atoms with Gasteiger partial charge in [-0.1, -0.05) is 37.1 Å². The summed E-state index contributed by atoms with van der Waals surface area (Å²) in [6.45, 7) is 3.92. The highest BCUT2D eigenvalue weighted by atomic mass is 35.5. The highest BCUT2D eigenvalue weighted by molar-refractivity contribution is 6.34. The molecule has 4 heteroatoms. The minimum Gasteiger partial charge on any atom is -0.451 e. The summed E-state index contributed by atoms with van der Waals surface area (Å²) in [7, 11) is 0. The zero-order chi connectivity index (χ0) is 14.9. The van der Waals surface area contributed by atoms with Gasteiger partial charge in [0.1, 0.15) is 0 Å². The number of rotatable bonds is 4. The van der Waals surface area contributed by atoms with Crippen molar-refractivity contribution >= 4 is 28.4 Å². The van der Waals surface area contributed by atoms with E-state index in [4.69, 9.17) is 16.0 Å². The smallest absolute Gasteiger partial charge is 0.204 e.